The molecule has 1 aromatic carbocycles. The molecule has 1 atom stereocenters. The number of carbonyl (C=O) groups excluding carboxylic acids is 1. The van der Waals surface area contributed by atoms with Crippen molar-refractivity contribution in [3.8, 4) is 5.75 Å². The molecule has 0 bridgehead atoms. The first-order valence-electron chi connectivity index (χ1n) is 11.0. The summed E-state index contributed by atoms with van der Waals surface area (Å²) in [4.78, 5) is 18.5. The fourth-order valence-electron chi connectivity index (χ4n) is 3.03. The van der Waals surface area contributed by atoms with Crippen LogP contribution in [0.1, 0.15) is 26.3 Å². The number of halogens is 1. The zero-order chi connectivity index (χ0) is 26.0. The van der Waals surface area contributed by atoms with Gasteiger partial charge < -0.3 is 34.1 Å². The molecular weight excluding hydrogens is 536 g/mol. The number of aliphatic hydroxyl groups excluding tert-OH is 2. The molecule has 3 N–H and O–H groups in total. The molecule has 0 saturated heterocycles. The number of aliphatic imine (C=N–C) groups is 1. The van der Waals surface area contributed by atoms with Gasteiger partial charge in [0, 0.05) is 7.05 Å². The molecule has 0 spiro atoms. The Labute approximate surface area is 213 Å². The minimum atomic E-state index is -1.93. The van der Waals surface area contributed by atoms with Crippen molar-refractivity contribution in [1.82, 2.24) is 10.1 Å². The highest BCUT2D eigenvalue weighted by Gasteiger charge is 2.37. The average molecular weight is 568 g/mol. The van der Waals surface area contributed by atoms with Crippen molar-refractivity contribution < 1.29 is 28.7 Å². The number of nitrogens with one attached hydrogen (secondary N) is 1. The minimum absolute atomic E-state index is 0.0823. The van der Waals surface area contributed by atoms with Gasteiger partial charge in [-0.25, -0.2) is 4.99 Å². The maximum absolute atomic E-state index is 12.8. The van der Waals surface area contributed by atoms with Gasteiger partial charge in [0.2, 0.25) is 0 Å². The number of hydrogen-bond acceptors (Lipinski definition) is 9. The summed E-state index contributed by atoms with van der Waals surface area (Å²) in [5, 5.41) is 27.2. The van der Waals surface area contributed by atoms with Crippen LogP contribution < -0.4 is 10.1 Å². The van der Waals surface area contributed by atoms with E-state index in [1.165, 1.54) is 17.4 Å². The number of benzene rings is 1. The highest BCUT2D eigenvalue weighted by atomic mass is 79.9. The van der Waals surface area contributed by atoms with E-state index in [2.05, 4.69) is 65.3 Å². The average Bonchev–Trinajstić information content (AvgIpc) is 3.28. The van der Waals surface area contributed by atoms with Crippen molar-refractivity contribution in [2.24, 2.45) is 4.99 Å². The van der Waals surface area contributed by atoms with Crippen molar-refractivity contribution in [3.05, 3.63) is 52.2 Å². The summed E-state index contributed by atoms with van der Waals surface area (Å²) in [6, 6.07) is 5.37. The van der Waals surface area contributed by atoms with Crippen LogP contribution in [0.3, 0.4) is 0 Å². The third-order valence-electron chi connectivity index (χ3n) is 6.12. The van der Waals surface area contributed by atoms with Crippen molar-refractivity contribution in [2.45, 2.75) is 45.1 Å². The van der Waals surface area contributed by atoms with Gasteiger partial charge in [-0.15, -0.1) is 0 Å². The molecule has 1 unspecified atom stereocenters. The normalized spacial score (nSPS) is 16.9. The molecule has 0 aliphatic carbocycles. The van der Waals surface area contributed by atoms with Crippen molar-refractivity contribution in [3.63, 3.8) is 0 Å². The number of amidine groups is 1. The van der Waals surface area contributed by atoms with Crippen LogP contribution in [0.5, 0.6) is 5.75 Å². The van der Waals surface area contributed by atoms with Crippen molar-refractivity contribution in [1.29, 1.82) is 0 Å². The Kier molecular flexibility index (Phi) is 8.09. The smallest absolute Gasteiger partial charge is 0.278 e. The Morgan fingerprint density at radius 1 is 1.31 bits per heavy atom. The van der Waals surface area contributed by atoms with Crippen LogP contribution in [0.25, 0.3) is 0 Å². The summed E-state index contributed by atoms with van der Waals surface area (Å²) in [6.07, 6.45) is 1.05. The van der Waals surface area contributed by atoms with E-state index in [1.807, 2.05) is 6.07 Å². The monoisotopic (exact) mass is 566 g/mol. The van der Waals surface area contributed by atoms with E-state index in [-0.39, 0.29) is 22.3 Å². The van der Waals surface area contributed by atoms with Gasteiger partial charge in [0.05, 0.1) is 22.8 Å². The van der Waals surface area contributed by atoms with Gasteiger partial charge in [-0.3, -0.25) is 4.79 Å². The molecule has 190 valence electrons. The van der Waals surface area contributed by atoms with Gasteiger partial charge in [-0.2, -0.15) is 0 Å². The number of hydrogen-bond donors (Lipinski definition) is 3. The zero-order valence-electron chi connectivity index (χ0n) is 20.6. The van der Waals surface area contributed by atoms with E-state index in [0.29, 0.717) is 29.0 Å². The second-order valence-corrected chi connectivity index (χ2v) is 15.3. The summed E-state index contributed by atoms with van der Waals surface area (Å²) in [5.74, 6) is -0.585. The van der Waals surface area contributed by atoms with Gasteiger partial charge in [0.15, 0.2) is 26.0 Å². The molecule has 1 aromatic heterocycles. The summed E-state index contributed by atoms with van der Waals surface area (Å²) in [6.45, 7) is 11.6. The van der Waals surface area contributed by atoms with Gasteiger partial charge in [0.1, 0.15) is 30.1 Å². The van der Waals surface area contributed by atoms with E-state index >= 15 is 0 Å². The fourth-order valence-corrected chi connectivity index (χ4v) is 4.53. The lowest BCUT2D eigenvalue weighted by atomic mass is 10.1. The second-order valence-electron chi connectivity index (χ2n) is 9.59. The van der Waals surface area contributed by atoms with E-state index in [1.54, 1.807) is 19.2 Å². The first-order chi connectivity index (χ1) is 16.3. The molecule has 2 heterocycles. The predicted octanol–water partition coefficient (Wildman–Crippen LogP) is 4.26. The first-order valence-corrected chi connectivity index (χ1v) is 14.7. The number of para-hydroxylation sites is 1. The topological polar surface area (TPSA) is 130 Å². The standard InChI is InChI=1S/C23H31BrN4O6Si/c1-23(2,3)35(5,6)34-11-10-32-19-15(8-7-9-16(19)24)20-27-17(18(29)22(31)28(20)4)21(30)26-14-12-25-33-13-14/h7-9,12-13,22,29,31H,10-11H2,1-6H3,(H,26,30). The van der Waals surface area contributed by atoms with Crippen molar-refractivity contribution >= 4 is 41.7 Å². The Hall–Kier alpha value is -2.67. The third kappa shape index (κ3) is 5.94. The molecule has 10 nitrogen and oxygen atoms in total. The van der Waals surface area contributed by atoms with E-state index in [9.17, 15) is 15.0 Å². The molecule has 1 aliphatic rings. The Morgan fingerprint density at radius 3 is 2.66 bits per heavy atom. The minimum Gasteiger partial charge on any atom is -0.506 e. The fraction of sp³-hybridized carbons (Fsp3) is 0.435. The maximum atomic E-state index is 12.8. The number of likely N-dealkylation sites (N-methyl/N-ethyl adjacent to an activating group) is 1. The highest BCUT2D eigenvalue weighted by molar-refractivity contribution is 9.10. The lowest BCUT2D eigenvalue weighted by Crippen LogP contribution is -2.43. The molecule has 35 heavy (non-hydrogen) atoms. The second kappa shape index (κ2) is 10.5. The quantitative estimate of drug-likeness (QED) is 0.319. The van der Waals surface area contributed by atoms with E-state index < -0.39 is 26.2 Å². The molecule has 0 radical (unpaired) electrons. The molecule has 0 saturated carbocycles. The lowest BCUT2D eigenvalue weighted by molar-refractivity contribution is -0.113. The van der Waals surface area contributed by atoms with Crippen LogP contribution >= 0.6 is 15.9 Å². The van der Waals surface area contributed by atoms with Gasteiger partial charge in [0.25, 0.3) is 5.91 Å². The molecule has 3 rings (SSSR count). The lowest BCUT2D eigenvalue weighted by Gasteiger charge is -2.36. The number of aliphatic hydroxyl groups is 2. The third-order valence-corrected chi connectivity index (χ3v) is 11.3. The summed E-state index contributed by atoms with van der Waals surface area (Å²) >= 11 is 3.52. The number of nitrogens with zero attached hydrogens (tertiary/aromatic N) is 3. The SMILES string of the molecule is CN1C(c2cccc(Br)c2OCCO[Si](C)(C)C(C)(C)C)=NC(C(=O)Nc2cnoc2)=C(O)C1O. The van der Waals surface area contributed by atoms with Gasteiger partial charge in [-0.1, -0.05) is 32.0 Å². The molecule has 0 fully saturated rings. The molecule has 1 amide bonds. The molecule has 2 aromatic rings. The zero-order valence-corrected chi connectivity index (χ0v) is 23.2. The highest BCUT2D eigenvalue weighted by Crippen LogP contribution is 2.37. The Balaban J connectivity index is 1.86. The largest absolute Gasteiger partial charge is 0.506 e. The Bertz CT molecular complexity index is 1130. The van der Waals surface area contributed by atoms with Crippen LogP contribution in [0.15, 0.2) is 56.1 Å². The predicted molar refractivity (Wildman–Crippen MR) is 138 cm³/mol. The first kappa shape index (κ1) is 26.9. The number of amides is 1. The summed E-state index contributed by atoms with van der Waals surface area (Å²) < 4.78 is 17.7. The number of ether oxygens (including phenoxy) is 1. The molecule has 1 aliphatic heterocycles. The Morgan fingerprint density at radius 2 is 2.03 bits per heavy atom. The maximum Gasteiger partial charge on any atom is 0.278 e. The number of rotatable bonds is 8. The molecular formula is C23H31BrN4O6Si. The molecule has 12 heteroatoms. The van der Waals surface area contributed by atoms with Gasteiger partial charge >= 0.3 is 0 Å². The summed E-state index contributed by atoms with van der Waals surface area (Å²) in [7, 11) is -0.370. The van der Waals surface area contributed by atoms with Crippen molar-refractivity contribution in [2.75, 3.05) is 25.6 Å². The number of carbonyl (C=O) groups is 1. The number of anilines is 1. The summed E-state index contributed by atoms with van der Waals surface area (Å²) in [5.41, 5.74) is 0.476. The van der Waals surface area contributed by atoms with Gasteiger partial charge in [-0.05, 0) is 46.2 Å². The van der Waals surface area contributed by atoms with Crippen LogP contribution in [0.2, 0.25) is 18.1 Å². The van der Waals surface area contributed by atoms with E-state index in [0.717, 1.165) is 0 Å². The van der Waals surface area contributed by atoms with Crippen LogP contribution in [0.4, 0.5) is 5.69 Å². The van der Waals surface area contributed by atoms with E-state index in [4.69, 9.17) is 13.7 Å². The van der Waals surface area contributed by atoms with Crippen LogP contribution in [-0.2, 0) is 9.22 Å². The van der Waals surface area contributed by atoms with Crippen LogP contribution in [0, 0.1) is 0 Å². The van der Waals surface area contributed by atoms with Crippen LogP contribution in [-0.4, -0.2) is 66.8 Å². The number of aromatic nitrogens is 1.